The van der Waals surface area contributed by atoms with E-state index in [4.69, 9.17) is 22.2 Å². The maximum absolute atomic E-state index is 14.1. The predicted molar refractivity (Wildman–Crippen MR) is 94.1 cm³/mol. The van der Waals surface area contributed by atoms with E-state index in [-0.39, 0.29) is 5.19 Å². The smallest absolute Gasteiger partial charge is 0.312 e. The lowest BCUT2D eigenvalue weighted by Gasteiger charge is -2.41. The van der Waals surface area contributed by atoms with E-state index >= 15 is 0 Å². The fourth-order valence-electron chi connectivity index (χ4n) is 2.37. The zero-order valence-corrected chi connectivity index (χ0v) is 18.4. The average molecular weight is 549 g/mol. The fraction of sp³-hybridized carbons (Fsp3) is 0.625. The van der Waals surface area contributed by atoms with Crippen molar-refractivity contribution in [1.29, 1.82) is 0 Å². The predicted octanol–water partition coefficient (Wildman–Crippen LogP) is 6.94. The van der Waals surface area contributed by atoms with Gasteiger partial charge >= 0.3 is 42.4 Å². The molecular formula is C16H14Cl2F12OSi. The van der Waals surface area contributed by atoms with Crippen molar-refractivity contribution < 1.29 is 57.4 Å². The molecule has 0 aliphatic rings. The third-order valence-electron chi connectivity index (χ3n) is 4.32. The maximum atomic E-state index is 14.1. The van der Waals surface area contributed by atoms with Crippen molar-refractivity contribution in [1.82, 2.24) is 0 Å². The van der Waals surface area contributed by atoms with Crippen LogP contribution in [0.2, 0.25) is 0 Å². The highest BCUT2D eigenvalue weighted by Crippen LogP contribution is 2.60. The summed E-state index contributed by atoms with van der Waals surface area (Å²) < 4.78 is 166. The minimum atomic E-state index is -7.71. The van der Waals surface area contributed by atoms with E-state index in [1.54, 1.807) is 0 Å². The Morgan fingerprint density at radius 2 is 1.16 bits per heavy atom. The molecule has 1 aromatic rings. The third-order valence-corrected chi connectivity index (χ3v) is 9.53. The van der Waals surface area contributed by atoms with Crippen LogP contribution in [-0.4, -0.2) is 48.1 Å². The largest absolute Gasteiger partial charge is 0.426 e. The number of halogens is 14. The summed E-state index contributed by atoms with van der Waals surface area (Å²) in [6.45, 7) is -4.34. The minimum Gasteiger partial charge on any atom is -0.312 e. The molecule has 0 saturated carbocycles. The monoisotopic (exact) mass is 548 g/mol. The topological polar surface area (TPSA) is 9.23 Å². The molecule has 0 heterocycles. The van der Waals surface area contributed by atoms with Crippen LogP contribution in [0.3, 0.4) is 0 Å². The average Bonchev–Trinajstić information content (AvgIpc) is 2.65. The summed E-state index contributed by atoms with van der Waals surface area (Å²) in [6, 6.07) is 6.31. The molecular weight excluding hydrogens is 535 g/mol. The first kappa shape index (κ1) is 29.2. The van der Waals surface area contributed by atoms with E-state index in [1.807, 2.05) is 0 Å². The molecule has 1 unspecified atom stereocenters. The number of alkyl halides is 12. The summed E-state index contributed by atoms with van der Waals surface area (Å²) in [7, 11) is 0. The molecule has 0 bridgehead atoms. The Labute approximate surface area is 184 Å². The molecule has 1 aromatic carbocycles. The number of hydrogen-bond acceptors (Lipinski definition) is 1. The quantitative estimate of drug-likeness (QED) is 0.175. The first-order chi connectivity index (χ1) is 14.0. The van der Waals surface area contributed by atoms with Crippen LogP contribution in [0, 0.1) is 0 Å². The Morgan fingerprint density at radius 3 is 1.53 bits per heavy atom. The Kier molecular flexibility index (Phi) is 7.96. The molecule has 16 heteroatoms. The van der Waals surface area contributed by atoms with Gasteiger partial charge in [-0.15, -0.1) is 22.2 Å². The molecule has 0 radical (unpaired) electrons. The van der Waals surface area contributed by atoms with Crippen molar-refractivity contribution in [2.24, 2.45) is 0 Å². The van der Waals surface area contributed by atoms with Crippen LogP contribution in [0.25, 0.3) is 0 Å². The van der Waals surface area contributed by atoms with Gasteiger partial charge in [-0.1, -0.05) is 37.3 Å². The highest BCUT2D eigenvalue weighted by molar-refractivity contribution is 7.51. The SMILES string of the molecule is CCC(OC(F)(F)C(F)(F)C(F)(F)C(F)(F)C(F)(F)C(C)(F)F)[Si](Cl)(Cl)c1ccccc1. The molecule has 0 N–H and O–H groups in total. The maximum Gasteiger partial charge on any atom is 0.426 e. The van der Waals surface area contributed by atoms with E-state index in [0.717, 1.165) is 19.1 Å². The van der Waals surface area contributed by atoms with Crippen LogP contribution in [0.5, 0.6) is 0 Å². The van der Waals surface area contributed by atoms with Crippen molar-refractivity contribution >= 4 is 34.0 Å². The van der Waals surface area contributed by atoms with E-state index in [1.165, 1.54) is 18.2 Å². The van der Waals surface area contributed by atoms with Gasteiger partial charge < -0.3 is 4.74 Å². The van der Waals surface area contributed by atoms with Gasteiger partial charge in [0.05, 0.1) is 5.73 Å². The van der Waals surface area contributed by atoms with Gasteiger partial charge in [0.2, 0.25) is 0 Å². The summed E-state index contributed by atoms with van der Waals surface area (Å²) in [6.07, 6.45) is -7.32. The molecule has 1 nitrogen and oxygen atoms in total. The van der Waals surface area contributed by atoms with Crippen LogP contribution in [0.15, 0.2) is 30.3 Å². The van der Waals surface area contributed by atoms with Gasteiger partial charge in [-0.05, 0) is 11.6 Å². The lowest BCUT2D eigenvalue weighted by atomic mass is 9.94. The molecule has 32 heavy (non-hydrogen) atoms. The van der Waals surface area contributed by atoms with E-state index < -0.39 is 61.5 Å². The van der Waals surface area contributed by atoms with Crippen molar-refractivity contribution in [3.63, 3.8) is 0 Å². The fourth-order valence-corrected chi connectivity index (χ4v) is 6.13. The molecule has 1 atom stereocenters. The van der Waals surface area contributed by atoms with Crippen LogP contribution in [-0.2, 0) is 4.74 Å². The Balaban J connectivity index is 3.44. The Morgan fingerprint density at radius 1 is 0.750 bits per heavy atom. The standard InChI is InChI=1S/C16H14Cl2F12OSi/c1-3-10(32(17,18)9-7-5-4-6-8-9)31-16(29,30)15(27,28)14(25,26)13(23,24)12(21,22)11(2,19)20/h4-8,10H,3H2,1-2H3. The number of benzene rings is 1. The molecule has 0 fully saturated rings. The molecule has 0 amide bonds. The van der Waals surface area contributed by atoms with Gasteiger partial charge in [-0.25, -0.2) is 0 Å². The normalized spacial score (nSPS) is 16.2. The number of ether oxygens (including phenoxy) is 1. The zero-order valence-electron chi connectivity index (χ0n) is 15.9. The number of hydrogen-bond donors (Lipinski definition) is 0. The summed E-state index contributed by atoms with van der Waals surface area (Å²) in [5, 5.41) is -0.122. The summed E-state index contributed by atoms with van der Waals surface area (Å²) in [4.78, 5) is 0. The van der Waals surface area contributed by atoms with Crippen LogP contribution in [0.1, 0.15) is 20.3 Å². The van der Waals surface area contributed by atoms with E-state index in [2.05, 4.69) is 4.74 Å². The van der Waals surface area contributed by atoms with Crippen molar-refractivity contribution in [3.8, 4) is 0 Å². The van der Waals surface area contributed by atoms with Crippen LogP contribution >= 0.6 is 22.2 Å². The zero-order chi connectivity index (χ0) is 25.6. The van der Waals surface area contributed by atoms with Gasteiger partial charge in [-0.3, -0.25) is 0 Å². The highest BCUT2D eigenvalue weighted by atomic mass is 35.7. The first-order valence-corrected chi connectivity index (χ1v) is 12.5. The van der Waals surface area contributed by atoms with Crippen LogP contribution in [0.4, 0.5) is 52.7 Å². The molecule has 0 aromatic heterocycles. The second-order valence-electron chi connectivity index (χ2n) is 6.71. The molecule has 186 valence electrons. The van der Waals surface area contributed by atoms with Crippen molar-refractivity contribution in [2.45, 2.75) is 61.7 Å². The van der Waals surface area contributed by atoms with Crippen molar-refractivity contribution in [2.75, 3.05) is 0 Å². The Bertz CT molecular complexity index is 783. The first-order valence-electron chi connectivity index (χ1n) is 8.40. The van der Waals surface area contributed by atoms with Crippen LogP contribution < -0.4 is 5.19 Å². The van der Waals surface area contributed by atoms with Gasteiger partial charge in [-0.2, -0.15) is 52.7 Å². The summed E-state index contributed by atoms with van der Waals surface area (Å²) in [5.41, 5.74) is -2.34. The van der Waals surface area contributed by atoms with Crippen molar-refractivity contribution in [3.05, 3.63) is 30.3 Å². The lowest BCUT2D eigenvalue weighted by molar-refractivity contribution is -0.458. The molecule has 0 aliphatic heterocycles. The van der Waals surface area contributed by atoms with E-state index in [0.29, 0.717) is 0 Å². The Hall–Kier alpha value is -0.863. The highest BCUT2D eigenvalue weighted by Gasteiger charge is 2.90. The summed E-state index contributed by atoms with van der Waals surface area (Å²) >= 11 is 11.9. The third kappa shape index (κ3) is 4.56. The van der Waals surface area contributed by atoms with E-state index in [9.17, 15) is 52.7 Å². The molecule has 1 rings (SSSR count). The lowest BCUT2D eigenvalue weighted by Crippen LogP contribution is -2.71. The second-order valence-corrected chi connectivity index (χ2v) is 13.3. The second kappa shape index (κ2) is 8.73. The van der Waals surface area contributed by atoms with Gasteiger partial charge in [0, 0.05) is 6.92 Å². The molecule has 0 saturated heterocycles. The van der Waals surface area contributed by atoms with Gasteiger partial charge in [0.1, 0.15) is 0 Å². The van der Waals surface area contributed by atoms with Gasteiger partial charge in [0.15, 0.2) is 0 Å². The summed E-state index contributed by atoms with van der Waals surface area (Å²) in [5.74, 6) is -35.9. The minimum absolute atomic E-state index is 0.122. The molecule has 0 aliphatic carbocycles. The number of rotatable bonds is 10. The molecule has 0 spiro atoms. The van der Waals surface area contributed by atoms with Gasteiger partial charge in [0.25, 0.3) is 0 Å².